The fourth-order valence-corrected chi connectivity index (χ4v) is 3.35. The van der Waals surface area contributed by atoms with E-state index >= 15 is 0 Å². The lowest BCUT2D eigenvalue weighted by atomic mass is 9.88. The van der Waals surface area contributed by atoms with Crippen molar-refractivity contribution in [3.63, 3.8) is 0 Å². The lowest BCUT2D eigenvalue weighted by Gasteiger charge is -2.32. The maximum absolute atomic E-state index is 12.2. The molecule has 0 spiro atoms. The summed E-state index contributed by atoms with van der Waals surface area (Å²) in [6.07, 6.45) is 0. The van der Waals surface area contributed by atoms with Gasteiger partial charge in [-0.25, -0.2) is 12.7 Å². The average Bonchev–Trinajstić information content (AvgIpc) is 2.45. The Hall–Kier alpha value is -1.44. The fraction of sp³-hybridized carbons (Fsp3) is 0.562. The van der Waals surface area contributed by atoms with Crippen molar-refractivity contribution in [3.8, 4) is 0 Å². The van der Waals surface area contributed by atoms with Gasteiger partial charge < -0.3 is 10.6 Å². The molecule has 1 heterocycles. The van der Waals surface area contributed by atoms with Crippen molar-refractivity contribution >= 4 is 15.9 Å². The Morgan fingerprint density at radius 1 is 1.22 bits per heavy atom. The molecule has 23 heavy (non-hydrogen) atoms. The molecular weight excluding hydrogens is 314 g/mol. The second-order valence-corrected chi connectivity index (χ2v) is 8.45. The maximum atomic E-state index is 12.2. The first-order valence-corrected chi connectivity index (χ1v) is 9.21. The van der Waals surface area contributed by atoms with Gasteiger partial charge in [-0.15, -0.1) is 0 Å². The van der Waals surface area contributed by atoms with Gasteiger partial charge in [-0.2, -0.15) is 0 Å². The van der Waals surface area contributed by atoms with Crippen molar-refractivity contribution in [2.45, 2.75) is 24.8 Å². The third-order valence-electron chi connectivity index (χ3n) is 4.45. The molecule has 0 aromatic heterocycles. The summed E-state index contributed by atoms with van der Waals surface area (Å²) in [4.78, 5) is 12.5. The standard InChI is InChI=1S/C16H25N3O3S/c1-11(14-9-17-10-14)16(20)18-12(2)13-5-7-15(8-6-13)23(21,22)19(3)4/h5-8,11-12,14,17H,9-10H2,1-4H3,(H,18,20). The van der Waals surface area contributed by atoms with Crippen LogP contribution >= 0.6 is 0 Å². The smallest absolute Gasteiger partial charge is 0.242 e. The molecule has 1 aliphatic heterocycles. The number of nitrogens with one attached hydrogen (secondary N) is 2. The highest BCUT2D eigenvalue weighted by Gasteiger charge is 2.29. The summed E-state index contributed by atoms with van der Waals surface area (Å²) in [6.45, 7) is 5.62. The van der Waals surface area contributed by atoms with Crippen LogP contribution in [0.25, 0.3) is 0 Å². The number of sulfonamides is 1. The Kier molecular flexibility index (Phi) is 5.44. The molecule has 1 aromatic rings. The lowest BCUT2D eigenvalue weighted by Crippen LogP contribution is -2.49. The number of amides is 1. The molecule has 1 fully saturated rings. The topological polar surface area (TPSA) is 78.5 Å². The van der Waals surface area contributed by atoms with Crippen LogP contribution in [0.3, 0.4) is 0 Å². The number of carbonyl (C=O) groups excluding carboxylic acids is 1. The third kappa shape index (κ3) is 3.91. The molecule has 0 saturated carbocycles. The van der Waals surface area contributed by atoms with Gasteiger partial charge in [0.05, 0.1) is 10.9 Å². The first-order chi connectivity index (χ1) is 10.7. The zero-order valence-electron chi connectivity index (χ0n) is 14.0. The van der Waals surface area contributed by atoms with Crippen LogP contribution in [-0.2, 0) is 14.8 Å². The van der Waals surface area contributed by atoms with Crippen LogP contribution in [-0.4, -0.2) is 45.8 Å². The summed E-state index contributed by atoms with van der Waals surface area (Å²) in [5.74, 6) is 0.413. The SMILES string of the molecule is CC(NC(=O)C(C)C1CNC1)c1ccc(S(=O)(=O)N(C)C)cc1. The van der Waals surface area contributed by atoms with Gasteiger partial charge in [0, 0.05) is 20.0 Å². The molecule has 0 aliphatic carbocycles. The summed E-state index contributed by atoms with van der Waals surface area (Å²) in [5.41, 5.74) is 0.884. The molecule has 6 nitrogen and oxygen atoms in total. The number of carbonyl (C=O) groups is 1. The van der Waals surface area contributed by atoms with Gasteiger partial charge in [-0.05, 0) is 43.6 Å². The van der Waals surface area contributed by atoms with E-state index < -0.39 is 10.0 Å². The van der Waals surface area contributed by atoms with Gasteiger partial charge in [-0.1, -0.05) is 19.1 Å². The van der Waals surface area contributed by atoms with E-state index in [1.54, 1.807) is 24.3 Å². The van der Waals surface area contributed by atoms with Crippen molar-refractivity contribution in [2.75, 3.05) is 27.2 Å². The Labute approximate surface area is 138 Å². The van der Waals surface area contributed by atoms with Gasteiger partial charge in [-0.3, -0.25) is 4.79 Å². The maximum Gasteiger partial charge on any atom is 0.242 e. The quantitative estimate of drug-likeness (QED) is 0.809. The third-order valence-corrected chi connectivity index (χ3v) is 6.28. The molecule has 2 N–H and O–H groups in total. The van der Waals surface area contributed by atoms with E-state index in [1.165, 1.54) is 18.4 Å². The second-order valence-electron chi connectivity index (χ2n) is 6.29. The molecule has 2 rings (SSSR count). The summed E-state index contributed by atoms with van der Waals surface area (Å²) < 4.78 is 25.3. The summed E-state index contributed by atoms with van der Waals surface area (Å²) in [6, 6.07) is 6.49. The van der Waals surface area contributed by atoms with E-state index in [2.05, 4.69) is 10.6 Å². The van der Waals surface area contributed by atoms with Gasteiger partial charge in [0.25, 0.3) is 0 Å². The minimum Gasteiger partial charge on any atom is -0.349 e. The highest BCUT2D eigenvalue weighted by atomic mass is 32.2. The Morgan fingerprint density at radius 3 is 2.22 bits per heavy atom. The van der Waals surface area contributed by atoms with Gasteiger partial charge in [0.15, 0.2) is 0 Å². The highest BCUT2D eigenvalue weighted by molar-refractivity contribution is 7.89. The van der Waals surface area contributed by atoms with Crippen molar-refractivity contribution in [1.29, 1.82) is 0 Å². The lowest BCUT2D eigenvalue weighted by molar-refractivity contribution is -0.127. The molecule has 128 valence electrons. The number of nitrogens with zero attached hydrogens (tertiary/aromatic N) is 1. The highest BCUT2D eigenvalue weighted by Crippen LogP contribution is 2.20. The number of benzene rings is 1. The molecule has 1 aliphatic rings. The van der Waals surface area contributed by atoms with Crippen LogP contribution in [0.2, 0.25) is 0 Å². The first kappa shape index (κ1) is 17.9. The van der Waals surface area contributed by atoms with Crippen LogP contribution in [0.5, 0.6) is 0 Å². The van der Waals surface area contributed by atoms with Crippen molar-refractivity contribution in [2.24, 2.45) is 11.8 Å². The molecule has 1 aromatic carbocycles. The molecule has 7 heteroatoms. The molecule has 0 radical (unpaired) electrons. The number of hydrogen-bond donors (Lipinski definition) is 2. The largest absolute Gasteiger partial charge is 0.349 e. The van der Waals surface area contributed by atoms with E-state index in [0.717, 1.165) is 18.7 Å². The Balaban J connectivity index is 2.02. The van der Waals surface area contributed by atoms with Crippen molar-refractivity contribution < 1.29 is 13.2 Å². The first-order valence-electron chi connectivity index (χ1n) is 7.77. The van der Waals surface area contributed by atoms with Crippen molar-refractivity contribution in [1.82, 2.24) is 14.9 Å². The number of hydrogen-bond acceptors (Lipinski definition) is 4. The molecule has 1 saturated heterocycles. The van der Waals surface area contributed by atoms with E-state index in [-0.39, 0.29) is 22.8 Å². The van der Waals surface area contributed by atoms with Gasteiger partial charge in [0.2, 0.25) is 15.9 Å². The molecule has 1 amide bonds. The average molecular weight is 339 g/mol. The molecule has 0 bridgehead atoms. The van der Waals surface area contributed by atoms with Gasteiger partial charge in [0.1, 0.15) is 0 Å². The second kappa shape index (κ2) is 6.98. The molecular formula is C16H25N3O3S. The predicted molar refractivity (Wildman–Crippen MR) is 89.4 cm³/mol. The van der Waals surface area contributed by atoms with Crippen LogP contribution < -0.4 is 10.6 Å². The molecule has 2 unspecified atom stereocenters. The Bertz CT molecular complexity index is 652. The fourth-order valence-electron chi connectivity index (χ4n) is 2.45. The summed E-state index contributed by atoms with van der Waals surface area (Å²) >= 11 is 0. The van der Waals surface area contributed by atoms with E-state index in [1.807, 2.05) is 13.8 Å². The minimum absolute atomic E-state index is 0.0212. The van der Waals surface area contributed by atoms with Crippen LogP contribution in [0.15, 0.2) is 29.2 Å². The van der Waals surface area contributed by atoms with E-state index in [4.69, 9.17) is 0 Å². The summed E-state index contributed by atoms with van der Waals surface area (Å²) in [7, 11) is -0.418. The zero-order valence-corrected chi connectivity index (χ0v) is 14.9. The van der Waals surface area contributed by atoms with Crippen LogP contribution in [0.1, 0.15) is 25.5 Å². The zero-order chi connectivity index (χ0) is 17.2. The van der Waals surface area contributed by atoms with E-state index in [0.29, 0.717) is 5.92 Å². The van der Waals surface area contributed by atoms with Crippen molar-refractivity contribution in [3.05, 3.63) is 29.8 Å². The van der Waals surface area contributed by atoms with E-state index in [9.17, 15) is 13.2 Å². The summed E-state index contributed by atoms with van der Waals surface area (Å²) in [5, 5.41) is 6.17. The number of rotatable bonds is 6. The predicted octanol–water partition coefficient (Wildman–Crippen LogP) is 0.970. The Morgan fingerprint density at radius 2 is 1.78 bits per heavy atom. The molecule has 2 atom stereocenters. The van der Waals surface area contributed by atoms with Gasteiger partial charge >= 0.3 is 0 Å². The van der Waals surface area contributed by atoms with Crippen LogP contribution in [0, 0.1) is 11.8 Å². The monoisotopic (exact) mass is 339 g/mol. The minimum atomic E-state index is -3.42. The van der Waals surface area contributed by atoms with Crippen LogP contribution in [0.4, 0.5) is 0 Å². The normalized spacial score (nSPS) is 18.3.